The number of ketones is 2. The Kier molecular flexibility index (Phi) is 3.35. The van der Waals surface area contributed by atoms with Crippen LogP contribution in [0.2, 0.25) is 0 Å². The van der Waals surface area contributed by atoms with E-state index in [2.05, 4.69) is 4.28 Å². The van der Waals surface area contributed by atoms with Gasteiger partial charge in [-0.2, -0.15) is 31.4 Å². The van der Waals surface area contributed by atoms with Crippen LogP contribution in [0.25, 0.3) is 0 Å². The average Bonchev–Trinajstić information content (AvgIpc) is 2.42. The van der Waals surface area contributed by atoms with Crippen molar-refractivity contribution in [3.8, 4) is 0 Å². The molecule has 0 amide bonds. The van der Waals surface area contributed by atoms with Gasteiger partial charge < -0.3 is 0 Å². The van der Waals surface area contributed by atoms with Crippen molar-refractivity contribution in [3.63, 3.8) is 0 Å². The predicted octanol–water partition coefficient (Wildman–Crippen LogP) is -0.342. The van der Waals surface area contributed by atoms with Crippen LogP contribution in [-0.2, 0) is 24.0 Å². The molecule has 0 atom stereocenters. The molecule has 1 N–H and O–H groups in total. The molecule has 1 aliphatic rings. The Morgan fingerprint density at radius 2 is 1.62 bits per heavy atom. The van der Waals surface area contributed by atoms with Crippen LogP contribution < -0.4 is 5.48 Å². The molecule has 1 rings (SSSR count). The molecule has 1 saturated carbocycles. The molecule has 0 spiro atoms. The number of carbonyl (C=O) groups excluding carboxylic acids is 2. The molecule has 0 heterocycles. The fourth-order valence-corrected chi connectivity index (χ4v) is 1.32. The van der Waals surface area contributed by atoms with E-state index in [9.17, 15) is 31.2 Å². The summed E-state index contributed by atoms with van der Waals surface area (Å²) in [6.07, 6.45) is -0.294. The highest BCUT2D eigenvalue weighted by molar-refractivity contribution is 7.87. The molecule has 6 nitrogen and oxygen atoms in total. The van der Waals surface area contributed by atoms with Gasteiger partial charge in [0.15, 0.2) is 17.6 Å². The van der Waals surface area contributed by atoms with E-state index in [4.69, 9.17) is 0 Å². The molecule has 0 bridgehead atoms. The summed E-state index contributed by atoms with van der Waals surface area (Å²) in [7, 11) is -5.85. The quantitative estimate of drug-likeness (QED) is 0.424. The Balaban J connectivity index is 2.65. The van der Waals surface area contributed by atoms with E-state index < -0.39 is 33.2 Å². The Bertz CT molecular complexity index is 398. The van der Waals surface area contributed by atoms with Crippen molar-refractivity contribution in [2.24, 2.45) is 0 Å². The van der Waals surface area contributed by atoms with Gasteiger partial charge in [-0.05, 0) is 0 Å². The van der Waals surface area contributed by atoms with Gasteiger partial charge in [0.1, 0.15) is 0 Å². The molecule has 1 fully saturated rings. The molecule has 92 valence electrons. The fourth-order valence-electron chi connectivity index (χ4n) is 1.00. The maximum atomic E-state index is 11.8. The van der Waals surface area contributed by atoms with Crippen LogP contribution in [0, 0.1) is 0 Å². The zero-order chi connectivity index (χ0) is 12.6. The van der Waals surface area contributed by atoms with E-state index in [0.29, 0.717) is 0 Å². The van der Waals surface area contributed by atoms with Crippen molar-refractivity contribution in [2.75, 3.05) is 0 Å². The first-order chi connectivity index (χ1) is 7.15. The Morgan fingerprint density at radius 3 is 2.00 bits per heavy atom. The van der Waals surface area contributed by atoms with E-state index in [-0.39, 0.29) is 12.8 Å². The molecule has 0 unspecified atom stereocenters. The molecule has 10 heteroatoms. The van der Waals surface area contributed by atoms with Crippen molar-refractivity contribution in [1.82, 2.24) is 5.48 Å². The summed E-state index contributed by atoms with van der Waals surface area (Å²) in [5.41, 5.74) is -4.29. The standard InChI is InChI=1S/C6H6F3NO5S/c7-6(8,9)16(13,14)15-10-5-3(11)1-2-4(5)12/h5,10H,1-2H2. The van der Waals surface area contributed by atoms with Gasteiger partial charge in [-0.1, -0.05) is 0 Å². The molecular weight excluding hydrogens is 255 g/mol. The van der Waals surface area contributed by atoms with Crippen molar-refractivity contribution in [3.05, 3.63) is 0 Å². The monoisotopic (exact) mass is 261 g/mol. The van der Waals surface area contributed by atoms with Gasteiger partial charge >= 0.3 is 15.6 Å². The summed E-state index contributed by atoms with van der Waals surface area (Å²) in [5, 5.41) is 0. The van der Waals surface area contributed by atoms with E-state index in [0.717, 1.165) is 0 Å². The Hall–Kier alpha value is -1.00. The van der Waals surface area contributed by atoms with Gasteiger partial charge in [-0.3, -0.25) is 9.59 Å². The van der Waals surface area contributed by atoms with Crippen molar-refractivity contribution >= 4 is 21.7 Å². The minimum atomic E-state index is -5.85. The third kappa shape index (κ3) is 2.57. The molecule has 0 aromatic heterocycles. The minimum Gasteiger partial charge on any atom is -0.297 e. The second-order valence-electron chi connectivity index (χ2n) is 2.97. The lowest BCUT2D eigenvalue weighted by atomic mass is 10.2. The van der Waals surface area contributed by atoms with Crippen LogP contribution in [0.4, 0.5) is 13.2 Å². The lowest BCUT2D eigenvalue weighted by Crippen LogP contribution is -2.42. The number of halogens is 3. The SMILES string of the molecule is O=C1CCC(=O)C1NOS(=O)(=O)C(F)(F)F. The second-order valence-corrected chi connectivity index (χ2v) is 4.50. The first-order valence-electron chi connectivity index (χ1n) is 3.96. The number of hydrogen-bond donors (Lipinski definition) is 1. The van der Waals surface area contributed by atoms with Crippen molar-refractivity contribution in [1.29, 1.82) is 0 Å². The fraction of sp³-hybridized carbons (Fsp3) is 0.667. The molecule has 0 aliphatic heterocycles. The van der Waals surface area contributed by atoms with Gasteiger partial charge in [0.25, 0.3) is 0 Å². The Morgan fingerprint density at radius 1 is 1.19 bits per heavy atom. The van der Waals surface area contributed by atoms with Crippen molar-refractivity contribution < 1.29 is 35.5 Å². The van der Waals surface area contributed by atoms with Gasteiger partial charge in [-0.25, -0.2) is 0 Å². The first-order valence-corrected chi connectivity index (χ1v) is 5.36. The highest BCUT2D eigenvalue weighted by atomic mass is 32.2. The number of alkyl halides is 3. The third-order valence-corrected chi connectivity index (χ3v) is 2.70. The van der Waals surface area contributed by atoms with Crippen LogP contribution in [0.5, 0.6) is 0 Å². The smallest absolute Gasteiger partial charge is 0.297 e. The molecule has 0 aromatic carbocycles. The van der Waals surface area contributed by atoms with E-state index >= 15 is 0 Å². The number of rotatable bonds is 3. The highest BCUT2D eigenvalue weighted by Gasteiger charge is 2.49. The number of nitrogens with one attached hydrogen (secondary N) is 1. The summed E-state index contributed by atoms with van der Waals surface area (Å²) < 4.78 is 59.5. The molecule has 0 saturated heterocycles. The third-order valence-electron chi connectivity index (χ3n) is 1.82. The summed E-state index contributed by atoms with van der Waals surface area (Å²) >= 11 is 0. The average molecular weight is 261 g/mol. The summed E-state index contributed by atoms with van der Waals surface area (Å²) in [6.45, 7) is 0. The van der Waals surface area contributed by atoms with E-state index in [1.807, 2.05) is 0 Å². The topological polar surface area (TPSA) is 89.5 Å². The highest BCUT2D eigenvalue weighted by Crippen LogP contribution is 2.24. The van der Waals surface area contributed by atoms with Crippen molar-refractivity contribution in [2.45, 2.75) is 24.4 Å². The molecular formula is C6H6F3NO5S. The van der Waals surface area contributed by atoms with Crippen LogP contribution in [-0.4, -0.2) is 31.5 Å². The zero-order valence-corrected chi connectivity index (χ0v) is 8.39. The second kappa shape index (κ2) is 4.11. The molecule has 0 radical (unpaired) electrons. The molecule has 1 aliphatic carbocycles. The lowest BCUT2D eigenvalue weighted by molar-refractivity contribution is -0.127. The Labute approximate surface area is 87.8 Å². The van der Waals surface area contributed by atoms with Crippen LogP contribution in [0.15, 0.2) is 0 Å². The number of hydrogen-bond acceptors (Lipinski definition) is 6. The van der Waals surface area contributed by atoms with Crippen LogP contribution in [0.3, 0.4) is 0 Å². The zero-order valence-electron chi connectivity index (χ0n) is 7.57. The number of hydroxylamine groups is 1. The van der Waals surface area contributed by atoms with E-state index in [1.165, 1.54) is 5.48 Å². The van der Waals surface area contributed by atoms with Crippen LogP contribution >= 0.6 is 0 Å². The summed E-state index contributed by atoms with van der Waals surface area (Å²) in [5.74, 6) is -1.41. The minimum absolute atomic E-state index is 0.147. The largest absolute Gasteiger partial charge is 0.524 e. The summed E-state index contributed by atoms with van der Waals surface area (Å²) in [6, 6.07) is -1.64. The lowest BCUT2D eigenvalue weighted by Gasteiger charge is -2.11. The maximum absolute atomic E-state index is 11.8. The molecule has 16 heavy (non-hydrogen) atoms. The number of carbonyl (C=O) groups is 2. The summed E-state index contributed by atoms with van der Waals surface area (Å²) in [4.78, 5) is 21.8. The maximum Gasteiger partial charge on any atom is 0.524 e. The first kappa shape index (κ1) is 13.1. The normalized spacial score (nSPS) is 19.4. The van der Waals surface area contributed by atoms with Gasteiger partial charge in [-0.15, -0.1) is 0 Å². The predicted molar refractivity (Wildman–Crippen MR) is 42.2 cm³/mol. The number of Topliss-reactive ketones (excluding diaryl/α,β-unsaturated/α-hetero) is 2. The van der Waals surface area contributed by atoms with Gasteiger partial charge in [0, 0.05) is 12.8 Å². The van der Waals surface area contributed by atoms with Crippen LogP contribution in [0.1, 0.15) is 12.8 Å². The molecule has 0 aromatic rings. The van der Waals surface area contributed by atoms with Gasteiger partial charge in [0.05, 0.1) is 0 Å². The van der Waals surface area contributed by atoms with Gasteiger partial charge in [0.2, 0.25) is 0 Å². The van der Waals surface area contributed by atoms with E-state index in [1.54, 1.807) is 0 Å².